The Morgan fingerprint density at radius 2 is 1.59 bits per heavy atom. The number of para-hydroxylation sites is 2. The van der Waals surface area contributed by atoms with E-state index in [2.05, 4.69) is 10.0 Å². The van der Waals surface area contributed by atoms with Crippen molar-refractivity contribution in [1.29, 1.82) is 0 Å². The number of nitrogens with one attached hydrogen (secondary N) is 2. The average molecular weight is 457 g/mol. The number of amides is 1. The van der Waals surface area contributed by atoms with Crippen molar-refractivity contribution < 1.29 is 22.3 Å². The fourth-order valence-corrected chi connectivity index (χ4v) is 4.33. The van der Waals surface area contributed by atoms with Gasteiger partial charge in [-0.15, -0.1) is 0 Å². The molecule has 0 fully saturated rings. The largest absolute Gasteiger partial charge is 0.478 e. The van der Waals surface area contributed by atoms with Crippen LogP contribution in [0.2, 0.25) is 0 Å². The zero-order valence-electron chi connectivity index (χ0n) is 18.1. The molecular weight excluding hydrogens is 431 g/mol. The molecule has 1 atom stereocenters. The van der Waals surface area contributed by atoms with E-state index in [4.69, 9.17) is 4.74 Å². The van der Waals surface area contributed by atoms with Gasteiger partial charge in [-0.25, -0.2) is 12.8 Å². The smallest absolute Gasteiger partial charge is 0.265 e. The number of carbonyl (C=O) groups excluding carboxylic acids is 1. The Bertz CT molecular complexity index is 1190. The van der Waals surface area contributed by atoms with E-state index in [1.807, 2.05) is 32.0 Å². The summed E-state index contributed by atoms with van der Waals surface area (Å²) in [5, 5.41) is 2.68. The highest BCUT2D eigenvalue weighted by Crippen LogP contribution is 2.24. The highest BCUT2D eigenvalue weighted by Gasteiger charge is 2.21. The zero-order chi connectivity index (χ0) is 23.3. The lowest BCUT2D eigenvalue weighted by atomic mass is 10.1. The first-order valence-electron chi connectivity index (χ1n) is 10.1. The summed E-state index contributed by atoms with van der Waals surface area (Å²) in [6.07, 6.45) is -0.576. The van der Waals surface area contributed by atoms with E-state index in [0.29, 0.717) is 17.8 Å². The van der Waals surface area contributed by atoms with Gasteiger partial charge in [0.25, 0.3) is 15.9 Å². The second kappa shape index (κ2) is 9.82. The molecule has 3 aromatic rings. The van der Waals surface area contributed by atoms with Crippen LogP contribution in [0.25, 0.3) is 0 Å². The Kier molecular flexibility index (Phi) is 7.15. The summed E-state index contributed by atoms with van der Waals surface area (Å²) in [5.74, 6) is -1.02. The Hall–Kier alpha value is -3.39. The molecule has 8 heteroatoms. The molecule has 1 amide bonds. The highest BCUT2D eigenvalue weighted by atomic mass is 32.2. The number of ether oxygens (including phenoxy) is 1. The van der Waals surface area contributed by atoms with Gasteiger partial charge in [0.15, 0.2) is 17.7 Å². The maximum atomic E-state index is 13.8. The molecule has 3 rings (SSSR count). The first-order chi connectivity index (χ1) is 15.2. The van der Waals surface area contributed by atoms with Crippen molar-refractivity contribution in [2.45, 2.75) is 38.2 Å². The lowest BCUT2D eigenvalue weighted by molar-refractivity contribution is -0.122. The van der Waals surface area contributed by atoms with Crippen molar-refractivity contribution in [2.75, 3.05) is 10.0 Å². The van der Waals surface area contributed by atoms with Crippen LogP contribution in [0.15, 0.2) is 71.6 Å². The molecular formula is C24H25FN2O4S. The van der Waals surface area contributed by atoms with Crippen molar-refractivity contribution in [3.8, 4) is 5.75 Å². The number of benzene rings is 3. The van der Waals surface area contributed by atoms with Crippen LogP contribution >= 0.6 is 0 Å². The average Bonchev–Trinajstić information content (AvgIpc) is 2.76. The van der Waals surface area contributed by atoms with Crippen molar-refractivity contribution in [2.24, 2.45) is 0 Å². The number of halogens is 1. The van der Waals surface area contributed by atoms with Crippen LogP contribution < -0.4 is 14.8 Å². The molecule has 0 spiro atoms. The van der Waals surface area contributed by atoms with E-state index in [1.165, 1.54) is 42.5 Å². The van der Waals surface area contributed by atoms with Crippen LogP contribution in [0.4, 0.5) is 15.8 Å². The molecule has 0 heterocycles. The van der Waals surface area contributed by atoms with Gasteiger partial charge >= 0.3 is 0 Å². The summed E-state index contributed by atoms with van der Waals surface area (Å²) in [6, 6.07) is 17.2. The predicted molar refractivity (Wildman–Crippen MR) is 123 cm³/mol. The van der Waals surface area contributed by atoms with E-state index >= 15 is 0 Å². The minimum Gasteiger partial charge on any atom is -0.478 e. The Morgan fingerprint density at radius 3 is 2.19 bits per heavy atom. The highest BCUT2D eigenvalue weighted by molar-refractivity contribution is 7.92. The number of hydrogen-bond donors (Lipinski definition) is 2. The van der Waals surface area contributed by atoms with Crippen molar-refractivity contribution >= 4 is 27.3 Å². The molecule has 0 radical (unpaired) electrons. The van der Waals surface area contributed by atoms with Crippen LogP contribution in [-0.2, 0) is 14.8 Å². The summed E-state index contributed by atoms with van der Waals surface area (Å²) >= 11 is 0. The number of hydrogen-bond acceptors (Lipinski definition) is 4. The quantitative estimate of drug-likeness (QED) is 0.497. The van der Waals surface area contributed by atoms with Gasteiger partial charge in [-0.1, -0.05) is 37.3 Å². The van der Waals surface area contributed by atoms with Gasteiger partial charge < -0.3 is 10.1 Å². The molecule has 3 aromatic carbocycles. The Morgan fingerprint density at radius 1 is 0.969 bits per heavy atom. The first kappa shape index (κ1) is 23.3. The topological polar surface area (TPSA) is 84.5 Å². The van der Waals surface area contributed by atoms with Gasteiger partial charge in [-0.3, -0.25) is 9.52 Å². The molecule has 6 nitrogen and oxygen atoms in total. The summed E-state index contributed by atoms with van der Waals surface area (Å²) < 4.78 is 47.5. The fourth-order valence-electron chi connectivity index (χ4n) is 3.12. The summed E-state index contributed by atoms with van der Waals surface area (Å²) in [5.41, 5.74) is 2.58. The normalized spacial score (nSPS) is 12.1. The number of rotatable bonds is 8. The van der Waals surface area contributed by atoms with Crippen LogP contribution in [-0.4, -0.2) is 20.4 Å². The van der Waals surface area contributed by atoms with Crippen molar-refractivity contribution in [3.63, 3.8) is 0 Å². The number of carbonyl (C=O) groups is 1. The van der Waals surface area contributed by atoms with Crippen molar-refractivity contribution in [3.05, 3.63) is 83.7 Å². The van der Waals surface area contributed by atoms with Gasteiger partial charge in [0.05, 0.1) is 10.6 Å². The Balaban J connectivity index is 1.70. The molecule has 2 N–H and O–H groups in total. The fraction of sp³-hybridized carbons (Fsp3) is 0.208. The predicted octanol–water partition coefficient (Wildman–Crippen LogP) is 5.04. The van der Waals surface area contributed by atoms with Crippen LogP contribution in [0.5, 0.6) is 5.75 Å². The number of aryl methyl sites for hydroxylation is 2. The standard InChI is InChI=1S/C24H25FN2O4S/c1-4-21(31-22-11-6-5-10-20(22)25)24(28)26-18-12-14-19(15-13-18)32(29,30)27-23-16(2)8-7-9-17(23)3/h5-15,21,27H,4H2,1-3H3,(H,26,28)/t21-/m0/s1. The van der Waals surface area contributed by atoms with Gasteiger partial charge in [-0.05, 0) is 67.8 Å². The molecule has 0 saturated heterocycles. The van der Waals surface area contributed by atoms with Gasteiger partial charge in [0.2, 0.25) is 0 Å². The maximum Gasteiger partial charge on any atom is 0.265 e. The third-order valence-corrected chi connectivity index (χ3v) is 6.28. The maximum absolute atomic E-state index is 13.8. The van der Waals surface area contributed by atoms with E-state index in [9.17, 15) is 17.6 Å². The van der Waals surface area contributed by atoms with Crippen LogP contribution in [0.1, 0.15) is 24.5 Å². The molecule has 0 bridgehead atoms. The molecule has 0 aliphatic heterocycles. The zero-order valence-corrected chi connectivity index (χ0v) is 18.9. The van der Waals surface area contributed by atoms with E-state index in [-0.39, 0.29) is 10.6 Å². The third kappa shape index (κ3) is 5.45. The molecule has 0 unspecified atom stereocenters. The molecule has 168 valence electrons. The molecule has 32 heavy (non-hydrogen) atoms. The molecule has 0 saturated carbocycles. The van der Waals surface area contributed by atoms with Gasteiger partial charge in [0.1, 0.15) is 0 Å². The number of sulfonamides is 1. The monoisotopic (exact) mass is 456 g/mol. The van der Waals surface area contributed by atoms with Crippen molar-refractivity contribution in [1.82, 2.24) is 0 Å². The first-order valence-corrected chi connectivity index (χ1v) is 11.6. The van der Waals surface area contributed by atoms with Gasteiger partial charge in [0, 0.05) is 5.69 Å². The van der Waals surface area contributed by atoms with Gasteiger partial charge in [-0.2, -0.15) is 0 Å². The lowest BCUT2D eigenvalue weighted by Crippen LogP contribution is -2.32. The minimum atomic E-state index is -3.80. The molecule has 0 aliphatic rings. The molecule has 0 aromatic heterocycles. The SMILES string of the molecule is CC[C@H](Oc1ccccc1F)C(=O)Nc1ccc(S(=O)(=O)Nc2c(C)cccc2C)cc1. The third-order valence-electron chi connectivity index (χ3n) is 4.92. The minimum absolute atomic E-state index is 0.00601. The molecule has 0 aliphatic carbocycles. The van der Waals surface area contributed by atoms with E-state index in [1.54, 1.807) is 13.0 Å². The number of anilines is 2. The van der Waals surface area contributed by atoms with E-state index < -0.39 is 27.9 Å². The second-order valence-corrected chi connectivity index (χ2v) is 9.01. The van der Waals surface area contributed by atoms with Crippen LogP contribution in [0.3, 0.4) is 0 Å². The summed E-state index contributed by atoms with van der Waals surface area (Å²) in [7, 11) is -3.80. The summed E-state index contributed by atoms with van der Waals surface area (Å²) in [6.45, 7) is 5.41. The lowest BCUT2D eigenvalue weighted by Gasteiger charge is -2.18. The van der Waals surface area contributed by atoms with E-state index in [0.717, 1.165) is 11.1 Å². The summed E-state index contributed by atoms with van der Waals surface area (Å²) in [4.78, 5) is 12.6. The Labute approximate surface area is 187 Å². The second-order valence-electron chi connectivity index (χ2n) is 7.33. The van der Waals surface area contributed by atoms with Crippen LogP contribution in [0, 0.1) is 19.7 Å².